The summed E-state index contributed by atoms with van der Waals surface area (Å²) < 4.78 is 26.1. The third kappa shape index (κ3) is 4.79. The lowest BCUT2D eigenvalue weighted by atomic mass is 9.99. The Labute approximate surface area is 163 Å². The van der Waals surface area contributed by atoms with E-state index in [0.717, 1.165) is 5.01 Å². The normalized spacial score (nSPS) is 33.4. The summed E-state index contributed by atoms with van der Waals surface area (Å²) in [6.07, 6.45) is -0.248. The summed E-state index contributed by atoms with van der Waals surface area (Å²) in [5, 5.41) is 4.95. The predicted octanol–water partition coefficient (Wildman–Crippen LogP) is -1.12. The summed E-state index contributed by atoms with van der Waals surface area (Å²) in [7, 11) is -0.438. The van der Waals surface area contributed by atoms with Gasteiger partial charge in [-0.05, 0) is 12.3 Å². The zero-order valence-corrected chi connectivity index (χ0v) is 17.2. The lowest BCUT2D eigenvalue weighted by Gasteiger charge is -2.37. The summed E-state index contributed by atoms with van der Waals surface area (Å²) in [6, 6.07) is 0. The second-order valence-corrected chi connectivity index (χ2v) is 10.2. The summed E-state index contributed by atoms with van der Waals surface area (Å²) >= 11 is 11.8. The molecule has 2 rings (SSSR count). The van der Waals surface area contributed by atoms with Gasteiger partial charge in [-0.2, -0.15) is 0 Å². The monoisotopic (exact) mass is 429 g/mol. The number of piperidine rings is 1. The second kappa shape index (κ2) is 8.57. The van der Waals surface area contributed by atoms with Crippen LogP contribution in [0, 0.1) is 5.92 Å². The van der Waals surface area contributed by atoms with Crippen LogP contribution in [0.3, 0.4) is 0 Å². The summed E-state index contributed by atoms with van der Waals surface area (Å²) in [6.45, 7) is 2.36. The maximum atomic E-state index is 12.4. The van der Waals surface area contributed by atoms with Gasteiger partial charge in [-0.15, -0.1) is 23.2 Å². The number of carbonyl (C=O) groups is 2. The van der Waals surface area contributed by atoms with Crippen molar-refractivity contribution in [1.29, 1.82) is 0 Å². The molecule has 0 saturated carbocycles. The van der Waals surface area contributed by atoms with Crippen LogP contribution in [0.25, 0.3) is 0 Å². The third-order valence-electron chi connectivity index (χ3n) is 4.61. The van der Waals surface area contributed by atoms with Crippen molar-refractivity contribution < 1.29 is 18.0 Å². The average Bonchev–Trinajstić information content (AvgIpc) is 2.57. The van der Waals surface area contributed by atoms with Gasteiger partial charge >= 0.3 is 0 Å². The first-order chi connectivity index (χ1) is 12.0. The molecular weight excluding hydrogens is 405 g/mol. The van der Waals surface area contributed by atoms with Gasteiger partial charge in [-0.1, -0.05) is 6.92 Å². The fourth-order valence-corrected chi connectivity index (χ4v) is 5.05. The fraction of sp³-hybridized carbons (Fsp3) is 0.857. The van der Waals surface area contributed by atoms with Gasteiger partial charge in [-0.25, -0.2) is 18.1 Å². The Morgan fingerprint density at radius 3 is 2.62 bits per heavy atom. The minimum atomic E-state index is -3.43. The zero-order valence-electron chi connectivity index (χ0n) is 14.9. The van der Waals surface area contributed by atoms with Crippen molar-refractivity contribution in [3.8, 4) is 0 Å². The van der Waals surface area contributed by atoms with Crippen molar-refractivity contribution in [2.24, 2.45) is 5.92 Å². The Morgan fingerprint density at radius 2 is 2.00 bits per heavy atom. The Bertz CT molecular complexity index is 647. The highest BCUT2D eigenvalue weighted by atomic mass is 35.5. The molecule has 0 aromatic heterocycles. The largest absolute Gasteiger partial charge is 0.339 e. The van der Waals surface area contributed by atoms with E-state index in [-0.39, 0.29) is 25.4 Å². The number of rotatable bonds is 5. The first-order valence-electron chi connectivity index (χ1n) is 8.31. The Balaban J connectivity index is 1.94. The van der Waals surface area contributed by atoms with Crippen molar-refractivity contribution in [3.63, 3.8) is 0 Å². The van der Waals surface area contributed by atoms with Gasteiger partial charge in [0.2, 0.25) is 15.9 Å². The van der Waals surface area contributed by atoms with Crippen LogP contribution in [0.4, 0.5) is 0 Å². The van der Waals surface area contributed by atoms with Crippen LogP contribution in [0.1, 0.15) is 13.3 Å². The lowest BCUT2D eigenvalue weighted by molar-refractivity contribution is -0.141. The minimum absolute atomic E-state index is 0.0847. The fourth-order valence-electron chi connectivity index (χ4n) is 3.00. The van der Waals surface area contributed by atoms with Crippen LogP contribution >= 0.6 is 23.2 Å². The van der Waals surface area contributed by atoms with Crippen molar-refractivity contribution >= 4 is 45.0 Å². The number of nitrogens with one attached hydrogen (secondary N) is 3. The van der Waals surface area contributed by atoms with Gasteiger partial charge in [0.1, 0.15) is 11.9 Å². The molecule has 0 aliphatic carbocycles. The number of sulfonamides is 1. The van der Waals surface area contributed by atoms with Gasteiger partial charge in [0.15, 0.2) is 0 Å². The number of amides is 2. The van der Waals surface area contributed by atoms with Gasteiger partial charge < -0.3 is 5.32 Å². The minimum Gasteiger partial charge on any atom is -0.339 e. The molecule has 9 nitrogen and oxygen atoms in total. The molecule has 2 fully saturated rings. The number of hydrazine groups is 1. The predicted molar refractivity (Wildman–Crippen MR) is 99.1 cm³/mol. The highest BCUT2D eigenvalue weighted by molar-refractivity contribution is 7.89. The van der Waals surface area contributed by atoms with Gasteiger partial charge in [-0.3, -0.25) is 19.9 Å². The SMILES string of the molecule is CC1CNC(NC(=O)CN2NCC(Cl)C(Cl)C2=O)CC1S(=O)(=O)N(C)C. The van der Waals surface area contributed by atoms with Crippen LogP contribution in [-0.2, 0) is 19.6 Å². The molecule has 0 radical (unpaired) electrons. The Kier molecular flexibility index (Phi) is 7.14. The maximum Gasteiger partial charge on any atom is 0.256 e. The molecule has 2 aliphatic rings. The van der Waals surface area contributed by atoms with Crippen LogP contribution < -0.4 is 16.1 Å². The Hall–Kier alpha value is -0.650. The molecule has 0 aromatic rings. The topological polar surface area (TPSA) is 111 Å². The van der Waals surface area contributed by atoms with E-state index < -0.39 is 44.0 Å². The van der Waals surface area contributed by atoms with E-state index in [9.17, 15) is 18.0 Å². The van der Waals surface area contributed by atoms with Gasteiger partial charge in [0.05, 0.1) is 16.8 Å². The Morgan fingerprint density at radius 1 is 1.35 bits per heavy atom. The first-order valence-corrected chi connectivity index (χ1v) is 10.7. The molecule has 0 spiro atoms. The highest BCUT2D eigenvalue weighted by Crippen LogP contribution is 2.23. The summed E-state index contributed by atoms with van der Waals surface area (Å²) in [5.74, 6) is -0.972. The number of carbonyl (C=O) groups excluding carboxylic acids is 2. The zero-order chi connectivity index (χ0) is 19.6. The molecule has 3 N–H and O–H groups in total. The average molecular weight is 430 g/mol. The van der Waals surface area contributed by atoms with E-state index in [0.29, 0.717) is 6.54 Å². The van der Waals surface area contributed by atoms with Crippen LogP contribution in [-0.4, -0.2) is 85.4 Å². The molecule has 0 bridgehead atoms. The molecule has 2 heterocycles. The van der Waals surface area contributed by atoms with E-state index in [1.807, 2.05) is 6.92 Å². The molecule has 2 saturated heterocycles. The molecule has 26 heavy (non-hydrogen) atoms. The van der Waals surface area contributed by atoms with Crippen LogP contribution in [0.5, 0.6) is 0 Å². The van der Waals surface area contributed by atoms with Crippen molar-refractivity contribution in [2.45, 2.75) is 35.5 Å². The molecule has 12 heteroatoms. The number of halogens is 2. The standard InChI is InChI=1S/C14H25Cl2N5O4S/c1-8-5-17-11(4-10(8)26(24,25)20(2)3)19-12(22)7-21-14(23)13(16)9(15)6-18-21/h8-11,13,17-18H,4-7H2,1-3H3,(H,19,22). The van der Waals surface area contributed by atoms with E-state index >= 15 is 0 Å². The summed E-state index contributed by atoms with van der Waals surface area (Å²) in [5.41, 5.74) is 2.76. The smallest absolute Gasteiger partial charge is 0.256 e. The molecule has 2 amide bonds. The quantitative estimate of drug-likeness (QED) is 0.477. The third-order valence-corrected chi connectivity index (χ3v) is 8.08. The van der Waals surface area contributed by atoms with E-state index in [2.05, 4.69) is 16.1 Å². The molecule has 150 valence electrons. The van der Waals surface area contributed by atoms with E-state index in [1.54, 1.807) is 0 Å². The number of hydrogen-bond donors (Lipinski definition) is 3. The number of hydrogen-bond acceptors (Lipinski definition) is 6. The second-order valence-electron chi connectivity index (χ2n) is 6.81. The first kappa shape index (κ1) is 21.6. The highest BCUT2D eigenvalue weighted by Gasteiger charge is 2.39. The molecule has 2 aliphatic heterocycles. The van der Waals surface area contributed by atoms with Crippen LogP contribution in [0.15, 0.2) is 0 Å². The van der Waals surface area contributed by atoms with Crippen molar-refractivity contribution in [1.82, 2.24) is 25.4 Å². The summed E-state index contributed by atoms with van der Waals surface area (Å²) in [4.78, 5) is 24.3. The number of alkyl halides is 2. The van der Waals surface area contributed by atoms with Gasteiger partial charge in [0.25, 0.3) is 5.91 Å². The molecule has 5 unspecified atom stereocenters. The van der Waals surface area contributed by atoms with Gasteiger partial charge in [0, 0.05) is 27.2 Å². The molecule has 0 aromatic carbocycles. The maximum absolute atomic E-state index is 12.4. The van der Waals surface area contributed by atoms with Crippen LogP contribution in [0.2, 0.25) is 0 Å². The number of nitrogens with zero attached hydrogens (tertiary/aromatic N) is 2. The van der Waals surface area contributed by atoms with E-state index in [4.69, 9.17) is 23.2 Å². The lowest BCUT2D eigenvalue weighted by Crippen LogP contribution is -2.61. The molecule has 5 atom stereocenters. The van der Waals surface area contributed by atoms with Crippen molar-refractivity contribution in [2.75, 3.05) is 33.7 Å². The van der Waals surface area contributed by atoms with Crippen molar-refractivity contribution in [3.05, 3.63) is 0 Å². The van der Waals surface area contributed by atoms with E-state index in [1.165, 1.54) is 18.4 Å². The molecular formula is C14H25Cl2N5O4S.